The summed E-state index contributed by atoms with van der Waals surface area (Å²) in [7, 11) is 1.35. The second-order valence-electron chi connectivity index (χ2n) is 3.97. The lowest BCUT2D eigenvalue weighted by atomic mass is 9.93. The van der Waals surface area contributed by atoms with Gasteiger partial charge < -0.3 is 10.5 Å². The van der Waals surface area contributed by atoms with Crippen LogP contribution in [0.4, 0.5) is 5.69 Å². The lowest BCUT2D eigenvalue weighted by molar-refractivity contribution is -0.146. The third-order valence-corrected chi connectivity index (χ3v) is 2.63. The smallest absolute Gasteiger partial charge is 0.310 e. The molecule has 0 aromatic heterocycles. The van der Waals surface area contributed by atoms with Gasteiger partial charge >= 0.3 is 5.97 Å². The number of esters is 1. The van der Waals surface area contributed by atoms with E-state index in [1.165, 1.54) is 7.11 Å². The number of hydrogen-bond donors (Lipinski definition) is 1. The van der Waals surface area contributed by atoms with Crippen molar-refractivity contribution in [3.63, 3.8) is 0 Å². The molecule has 0 heterocycles. The molecule has 1 rings (SSSR count). The Hall–Kier alpha value is -1.86. The molecule has 0 aliphatic heterocycles. The molecule has 0 saturated heterocycles. The first-order valence-corrected chi connectivity index (χ1v) is 5.38. The minimum Gasteiger partial charge on any atom is -0.469 e. The maximum atomic E-state index is 11.5. The van der Waals surface area contributed by atoms with E-state index < -0.39 is 0 Å². The van der Waals surface area contributed by atoms with Crippen molar-refractivity contribution < 1.29 is 9.53 Å². The van der Waals surface area contributed by atoms with Gasteiger partial charge in [-0.2, -0.15) is 0 Å². The van der Waals surface area contributed by atoms with E-state index in [4.69, 9.17) is 17.0 Å². The molecule has 2 unspecified atom stereocenters. The quantitative estimate of drug-likeness (QED) is 0.637. The van der Waals surface area contributed by atoms with Crippen molar-refractivity contribution in [3.8, 4) is 0 Å². The van der Waals surface area contributed by atoms with Crippen molar-refractivity contribution in [1.29, 1.82) is 0 Å². The standard InChI is InChI=1S/C13H16N2O2/c1-9(14)12(13(16)17-3)8-10-5-4-6-11(7-10)15-2/h4-7,9,12H,8,14H2,1,3H3. The fourth-order valence-corrected chi connectivity index (χ4v) is 1.64. The maximum Gasteiger partial charge on any atom is 0.310 e. The molecule has 0 radical (unpaired) electrons. The Kier molecular flexibility index (Phi) is 4.68. The van der Waals surface area contributed by atoms with Crippen LogP contribution in [0.15, 0.2) is 24.3 Å². The number of nitrogens with two attached hydrogens (primary N) is 1. The van der Waals surface area contributed by atoms with Gasteiger partial charge in [0.1, 0.15) is 0 Å². The number of carbonyl (C=O) groups excluding carboxylic acids is 1. The number of rotatable bonds is 4. The highest BCUT2D eigenvalue weighted by atomic mass is 16.5. The molecule has 0 saturated carbocycles. The van der Waals surface area contributed by atoms with Gasteiger partial charge in [0, 0.05) is 6.04 Å². The molecule has 1 aromatic carbocycles. The normalized spacial score (nSPS) is 13.5. The molecule has 4 nitrogen and oxygen atoms in total. The molecule has 0 spiro atoms. The molecule has 90 valence electrons. The second kappa shape index (κ2) is 6.02. The SMILES string of the molecule is [C-]#[N+]c1cccc(CC(C(=O)OC)C(C)N)c1. The van der Waals surface area contributed by atoms with Crippen molar-refractivity contribution >= 4 is 11.7 Å². The van der Waals surface area contributed by atoms with Crippen LogP contribution in [0.5, 0.6) is 0 Å². The van der Waals surface area contributed by atoms with E-state index in [-0.39, 0.29) is 17.9 Å². The zero-order valence-corrected chi connectivity index (χ0v) is 10.0. The number of benzene rings is 1. The topological polar surface area (TPSA) is 56.7 Å². The molecule has 4 heteroatoms. The molecule has 0 aliphatic carbocycles. The molecule has 2 atom stereocenters. The van der Waals surface area contributed by atoms with Crippen LogP contribution in [0.2, 0.25) is 0 Å². The van der Waals surface area contributed by atoms with Gasteiger partial charge in [0.2, 0.25) is 0 Å². The number of methoxy groups -OCH3 is 1. The number of carbonyl (C=O) groups is 1. The van der Waals surface area contributed by atoms with E-state index in [1.54, 1.807) is 25.1 Å². The van der Waals surface area contributed by atoms with Gasteiger partial charge in [-0.25, -0.2) is 4.85 Å². The van der Waals surface area contributed by atoms with Crippen molar-refractivity contribution in [2.45, 2.75) is 19.4 Å². The first-order valence-electron chi connectivity index (χ1n) is 5.38. The Morgan fingerprint density at radius 1 is 1.59 bits per heavy atom. The minimum atomic E-state index is -0.374. The summed E-state index contributed by atoms with van der Waals surface area (Å²) in [5.41, 5.74) is 7.26. The van der Waals surface area contributed by atoms with E-state index >= 15 is 0 Å². The van der Waals surface area contributed by atoms with Crippen molar-refractivity contribution in [1.82, 2.24) is 0 Å². The summed E-state index contributed by atoms with van der Waals surface area (Å²) < 4.78 is 4.72. The minimum absolute atomic E-state index is 0.279. The van der Waals surface area contributed by atoms with Gasteiger partial charge in [-0.05, 0) is 13.3 Å². The highest BCUT2D eigenvalue weighted by molar-refractivity contribution is 5.73. The largest absolute Gasteiger partial charge is 0.469 e. The Labute approximate surface area is 101 Å². The molecule has 1 aromatic rings. The van der Waals surface area contributed by atoms with Gasteiger partial charge in [0.15, 0.2) is 5.69 Å². The Bertz CT molecular complexity index is 435. The third-order valence-electron chi connectivity index (χ3n) is 2.63. The van der Waals surface area contributed by atoms with E-state index in [0.29, 0.717) is 12.1 Å². The fraction of sp³-hybridized carbons (Fsp3) is 0.385. The van der Waals surface area contributed by atoms with Gasteiger partial charge in [-0.15, -0.1) is 0 Å². The molecule has 2 N–H and O–H groups in total. The summed E-state index contributed by atoms with van der Waals surface area (Å²) in [6.07, 6.45) is 0.494. The van der Waals surface area contributed by atoms with E-state index in [9.17, 15) is 4.79 Å². The summed E-state index contributed by atoms with van der Waals surface area (Å²) >= 11 is 0. The molecule has 0 fully saturated rings. The summed E-state index contributed by atoms with van der Waals surface area (Å²) in [6.45, 7) is 8.71. The van der Waals surface area contributed by atoms with Gasteiger partial charge in [-0.1, -0.05) is 29.8 Å². The number of ether oxygens (including phenoxy) is 1. The summed E-state index contributed by atoms with van der Waals surface area (Å²) in [4.78, 5) is 14.9. The molecular weight excluding hydrogens is 216 g/mol. The predicted octanol–water partition coefficient (Wildman–Crippen LogP) is 1.92. The highest BCUT2D eigenvalue weighted by Crippen LogP contribution is 2.18. The first kappa shape index (κ1) is 13.2. The summed E-state index contributed by atoms with van der Waals surface area (Å²) in [5, 5.41) is 0. The van der Waals surface area contributed by atoms with Crippen LogP contribution >= 0.6 is 0 Å². The van der Waals surface area contributed by atoms with E-state index in [2.05, 4.69) is 4.85 Å². The summed E-state index contributed by atoms with van der Waals surface area (Å²) in [5.74, 6) is -0.686. The van der Waals surface area contributed by atoms with Crippen LogP contribution < -0.4 is 5.73 Å². The third kappa shape index (κ3) is 3.58. The number of nitrogens with zero attached hydrogens (tertiary/aromatic N) is 1. The molecule has 0 amide bonds. The number of hydrogen-bond acceptors (Lipinski definition) is 3. The fourth-order valence-electron chi connectivity index (χ4n) is 1.64. The molecule has 0 aliphatic rings. The van der Waals surface area contributed by atoms with Crippen LogP contribution in [0.3, 0.4) is 0 Å². The zero-order chi connectivity index (χ0) is 12.8. The average molecular weight is 232 g/mol. The maximum absolute atomic E-state index is 11.5. The Morgan fingerprint density at radius 2 is 2.29 bits per heavy atom. The van der Waals surface area contributed by atoms with Crippen LogP contribution in [-0.2, 0) is 16.0 Å². The molecule has 0 bridgehead atoms. The average Bonchev–Trinajstić information content (AvgIpc) is 2.35. The van der Waals surface area contributed by atoms with E-state index in [0.717, 1.165) is 5.56 Å². The Balaban J connectivity index is 2.86. The van der Waals surface area contributed by atoms with Crippen LogP contribution in [-0.4, -0.2) is 19.1 Å². The Morgan fingerprint density at radius 3 is 2.82 bits per heavy atom. The van der Waals surface area contributed by atoms with Crippen LogP contribution in [0, 0.1) is 12.5 Å². The van der Waals surface area contributed by atoms with Gasteiger partial charge in [-0.3, -0.25) is 4.79 Å². The predicted molar refractivity (Wildman–Crippen MR) is 65.6 cm³/mol. The molecular formula is C13H16N2O2. The van der Waals surface area contributed by atoms with Crippen molar-refractivity contribution in [2.75, 3.05) is 7.11 Å². The van der Waals surface area contributed by atoms with Crippen molar-refractivity contribution in [2.24, 2.45) is 11.7 Å². The highest BCUT2D eigenvalue weighted by Gasteiger charge is 2.23. The van der Waals surface area contributed by atoms with Crippen LogP contribution in [0.1, 0.15) is 12.5 Å². The zero-order valence-electron chi connectivity index (χ0n) is 10.0. The van der Waals surface area contributed by atoms with E-state index in [1.807, 2.05) is 6.07 Å². The van der Waals surface area contributed by atoms with Crippen molar-refractivity contribution in [3.05, 3.63) is 41.2 Å². The first-order chi connectivity index (χ1) is 8.08. The second-order valence-corrected chi connectivity index (χ2v) is 3.97. The van der Waals surface area contributed by atoms with Gasteiger partial charge in [0.05, 0.1) is 19.6 Å². The molecule has 17 heavy (non-hydrogen) atoms. The van der Waals surface area contributed by atoms with Gasteiger partial charge in [0.25, 0.3) is 0 Å². The van der Waals surface area contributed by atoms with Crippen LogP contribution in [0.25, 0.3) is 4.85 Å². The lowest BCUT2D eigenvalue weighted by Crippen LogP contribution is -2.35. The summed E-state index contributed by atoms with van der Waals surface area (Å²) in [6, 6.07) is 6.91. The lowest BCUT2D eigenvalue weighted by Gasteiger charge is -2.18. The monoisotopic (exact) mass is 232 g/mol.